The van der Waals surface area contributed by atoms with Crippen LogP contribution in [0.1, 0.15) is 37.6 Å². The summed E-state index contributed by atoms with van der Waals surface area (Å²) in [5.74, 6) is 1.38. The van der Waals surface area contributed by atoms with Gasteiger partial charge in [0.2, 0.25) is 0 Å². The number of hydrogen-bond acceptors (Lipinski definition) is 4. The number of aromatic nitrogens is 1. The van der Waals surface area contributed by atoms with E-state index in [2.05, 4.69) is 34.8 Å². The highest BCUT2D eigenvalue weighted by atomic mass is 32.1. The molecule has 0 spiro atoms. The Hall–Kier alpha value is -0.450. The Morgan fingerprint density at radius 2 is 2.53 bits per heavy atom. The molecule has 2 N–H and O–H groups in total. The molecule has 1 aliphatic rings. The van der Waals surface area contributed by atoms with E-state index in [1.165, 1.54) is 24.4 Å². The van der Waals surface area contributed by atoms with Gasteiger partial charge in [0.15, 0.2) is 0 Å². The van der Waals surface area contributed by atoms with Crippen molar-refractivity contribution in [1.29, 1.82) is 0 Å². The monoisotopic (exact) mass is 253 g/mol. The molecule has 1 aromatic rings. The molecule has 1 aliphatic heterocycles. The lowest BCUT2D eigenvalue weighted by atomic mass is 9.93. The minimum absolute atomic E-state index is 0.536. The lowest BCUT2D eigenvalue weighted by Gasteiger charge is -2.28. The van der Waals surface area contributed by atoms with E-state index >= 15 is 0 Å². The topological polar surface area (TPSA) is 37.0 Å². The quantitative estimate of drug-likeness (QED) is 0.845. The first-order valence-electron chi connectivity index (χ1n) is 6.59. The normalized spacial score (nSPS) is 26.9. The van der Waals surface area contributed by atoms with Crippen LogP contribution in [0.3, 0.4) is 0 Å². The van der Waals surface area contributed by atoms with Crippen LogP contribution in [0.5, 0.6) is 0 Å². The van der Waals surface area contributed by atoms with E-state index < -0.39 is 0 Å². The first kappa shape index (κ1) is 13.0. The van der Waals surface area contributed by atoms with Gasteiger partial charge in [-0.15, -0.1) is 11.3 Å². The molecule has 2 heterocycles. The molecule has 0 aromatic carbocycles. The zero-order chi connectivity index (χ0) is 12.1. The second-order valence-corrected chi connectivity index (χ2v) is 6.10. The molecule has 1 saturated heterocycles. The van der Waals surface area contributed by atoms with Crippen LogP contribution in [0, 0.1) is 5.92 Å². The van der Waals surface area contributed by atoms with Gasteiger partial charge in [0, 0.05) is 30.1 Å². The Labute approximate surface area is 108 Å². The van der Waals surface area contributed by atoms with Gasteiger partial charge in [-0.25, -0.2) is 4.98 Å². The van der Waals surface area contributed by atoms with Crippen molar-refractivity contribution in [3.63, 3.8) is 0 Å². The van der Waals surface area contributed by atoms with E-state index in [0.717, 1.165) is 19.0 Å². The average molecular weight is 253 g/mol. The van der Waals surface area contributed by atoms with Crippen molar-refractivity contribution >= 4 is 11.3 Å². The van der Waals surface area contributed by atoms with Crippen LogP contribution < -0.4 is 10.6 Å². The first-order chi connectivity index (χ1) is 8.25. The molecule has 0 aliphatic carbocycles. The number of rotatable bonds is 5. The SMILES string of the molecule is CC1CC(CNCC(C)c2nccs2)CCN1. The zero-order valence-corrected chi connectivity index (χ0v) is 11.6. The second-order valence-electron chi connectivity index (χ2n) is 5.18. The molecule has 4 heteroatoms. The summed E-state index contributed by atoms with van der Waals surface area (Å²) in [5.41, 5.74) is 0. The molecule has 1 fully saturated rings. The van der Waals surface area contributed by atoms with Crippen molar-refractivity contribution in [3.8, 4) is 0 Å². The molecule has 0 amide bonds. The standard InChI is InChI=1S/C13H23N3S/c1-10(13-16-5-6-17-13)8-14-9-12-3-4-15-11(2)7-12/h5-6,10-12,14-15H,3-4,7-9H2,1-2H3. The Balaban J connectivity index is 1.65. The first-order valence-corrected chi connectivity index (χ1v) is 7.47. The zero-order valence-electron chi connectivity index (χ0n) is 10.8. The molecule has 3 nitrogen and oxygen atoms in total. The lowest BCUT2D eigenvalue weighted by Crippen LogP contribution is -2.39. The highest BCUT2D eigenvalue weighted by Crippen LogP contribution is 2.18. The van der Waals surface area contributed by atoms with Crippen molar-refractivity contribution in [2.75, 3.05) is 19.6 Å². The van der Waals surface area contributed by atoms with E-state index in [1.807, 2.05) is 6.20 Å². The van der Waals surface area contributed by atoms with E-state index in [9.17, 15) is 0 Å². The van der Waals surface area contributed by atoms with Gasteiger partial charge in [-0.2, -0.15) is 0 Å². The maximum atomic E-state index is 4.36. The summed E-state index contributed by atoms with van der Waals surface area (Å²) in [6.07, 6.45) is 4.51. The highest BCUT2D eigenvalue weighted by Gasteiger charge is 2.18. The fraction of sp³-hybridized carbons (Fsp3) is 0.769. The Kier molecular flexibility index (Phi) is 4.95. The fourth-order valence-corrected chi connectivity index (χ4v) is 3.19. The molecule has 96 valence electrons. The smallest absolute Gasteiger partial charge is 0.0965 e. The van der Waals surface area contributed by atoms with Crippen LogP contribution in [0.15, 0.2) is 11.6 Å². The molecular weight excluding hydrogens is 230 g/mol. The minimum Gasteiger partial charge on any atom is -0.316 e. The van der Waals surface area contributed by atoms with Gasteiger partial charge in [0.25, 0.3) is 0 Å². The summed E-state index contributed by atoms with van der Waals surface area (Å²) in [7, 11) is 0. The molecule has 1 aromatic heterocycles. The van der Waals surface area contributed by atoms with E-state index in [1.54, 1.807) is 11.3 Å². The van der Waals surface area contributed by atoms with Crippen molar-refractivity contribution < 1.29 is 0 Å². The molecular formula is C13H23N3S. The minimum atomic E-state index is 0.536. The molecule has 17 heavy (non-hydrogen) atoms. The van der Waals surface area contributed by atoms with Gasteiger partial charge >= 0.3 is 0 Å². The lowest BCUT2D eigenvalue weighted by molar-refractivity contribution is 0.303. The molecule has 3 atom stereocenters. The van der Waals surface area contributed by atoms with Gasteiger partial charge in [-0.05, 0) is 38.8 Å². The van der Waals surface area contributed by atoms with Gasteiger partial charge in [0.1, 0.15) is 0 Å². The third-order valence-electron chi connectivity index (χ3n) is 3.49. The Bertz CT molecular complexity index is 312. The average Bonchev–Trinajstić information content (AvgIpc) is 2.82. The van der Waals surface area contributed by atoms with Crippen LogP contribution >= 0.6 is 11.3 Å². The number of nitrogens with one attached hydrogen (secondary N) is 2. The largest absolute Gasteiger partial charge is 0.316 e. The van der Waals surface area contributed by atoms with Crippen molar-refractivity contribution in [2.45, 2.75) is 38.6 Å². The number of thiazole rings is 1. The van der Waals surface area contributed by atoms with E-state index in [4.69, 9.17) is 0 Å². The molecule has 0 saturated carbocycles. The number of piperidine rings is 1. The summed E-state index contributed by atoms with van der Waals surface area (Å²) in [6, 6.07) is 0.687. The van der Waals surface area contributed by atoms with Crippen LogP contribution in [-0.4, -0.2) is 30.7 Å². The van der Waals surface area contributed by atoms with Crippen LogP contribution in [0.4, 0.5) is 0 Å². The van der Waals surface area contributed by atoms with Crippen molar-refractivity contribution in [2.24, 2.45) is 5.92 Å². The van der Waals surface area contributed by atoms with Crippen molar-refractivity contribution in [1.82, 2.24) is 15.6 Å². The maximum Gasteiger partial charge on any atom is 0.0965 e. The summed E-state index contributed by atoms with van der Waals surface area (Å²) >= 11 is 1.76. The van der Waals surface area contributed by atoms with Crippen LogP contribution in [-0.2, 0) is 0 Å². The van der Waals surface area contributed by atoms with Gasteiger partial charge in [0.05, 0.1) is 5.01 Å². The van der Waals surface area contributed by atoms with Crippen LogP contribution in [0.2, 0.25) is 0 Å². The predicted octanol–water partition coefficient (Wildman–Crippen LogP) is 2.22. The summed E-state index contributed by atoms with van der Waals surface area (Å²) in [4.78, 5) is 4.36. The van der Waals surface area contributed by atoms with Gasteiger partial charge in [-0.3, -0.25) is 0 Å². The Morgan fingerprint density at radius 3 is 3.24 bits per heavy atom. The van der Waals surface area contributed by atoms with Gasteiger partial charge in [-0.1, -0.05) is 6.92 Å². The molecule has 2 rings (SSSR count). The summed E-state index contributed by atoms with van der Waals surface area (Å²) in [5, 5.41) is 10.4. The third kappa shape index (κ3) is 4.05. The highest BCUT2D eigenvalue weighted by molar-refractivity contribution is 7.09. The maximum absolute atomic E-state index is 4.36. The fourth-order valence-electron chi connectivity index (χ4n) is 2.49. The third-order valence-corrected chi connectivity index (χ3v) is 4.50. The van der Waals surface area contributed by atoms with Crippen molar-refractivity contribution in [3.05, 3.63) is 16.6 Å². The van der Waals surface area contributed by atoms with Crippen LogP contribution in [0.25, 0.3) is 0 Å². The predicted molar refractivity (Wildman–Crippen MR) is 73.6 cm³/mol. The Morgan fingerprint density at radius 1 is 1.65 bits per heavy atom. The molecule has 0 bridgehead atoms. The number of hydrogen-bond donors (Lipinski definition) is 2. The summed E-state index contributed by atoms with van der Waals surface area (Å²) in [6.45, 7) is 7.91. The van der Waals surface area contributed by atoms with Gasteiger partial charge < -0.3 is 10.6 Å². The van der Waals surface area contributed by atoms with E-state index in [-0.39, 0.29) is 0 Å². The second kappa shape index (κ2) is 6.47. The number of nitrogens with zero attached hydrogens (tertiary/aromatic N) is 1. The van der Waals surface area contributed by atoms with E-state index in [0.29, 0.717) is 12.0 Å². The summed E-state index contributed by atoms with van der Waals surface area (Å²) < 4.78 is 0. The molecule has 3 unspecified atom stereocenters. The molecule has 0 radical (unpaired) electrons.